The third kappa shape index (κ3) is 3.39. The van der Waals surface area contributed by atoms with E-state index in [0.717, 1.165) is 11.3 Å². The molecule has 28 heavy (non-hydrogen) atoms. The van der Waals surface area contributed by atoms with Crippen molar-refractivity contribution in [2.75, 3.05) is 13.7 Å². The van der Waals surface area contributed by atoms with Crippen LogP contribution in [0.2, 0.25) is 5.02 Å². The lowest BCUT2D eigenvalue weighted by molar-refractivity contribution is 0.0731. The smallest absolute Gasteiger partial charge is 0.255 e. The van der Waals surface area contributed by atoms with E-state index in [2.05, 4.69) is 9.97 Å². The van der Waals surface area contributed by atoms with E-state index < -0.39 is 0 Å². The molecule has 0 bridgehead atoms. The summed E-state index contributed by atoms with van der Waals surface area (Å²) in [5, 5.41) is 0.413. The van der Waals surface area contributed by atoms with Crippen molar-refractivity contribution in [1.82, 2.24) is 14.9 Å². The highest BCUT2D eigenvalue weighted by molar-refractivity contribution is 6.33. The molecule has 0 saturated carbocycles. The van der Waals surface area contributed by atoms with Crippen LogP contribution in [-0.4, -0.2) is 34.4 Å². The zero-order chi connectivity index (χ0) is 19.7. The van der Waals surface area contributed by atoms with Gasteiger partial charge in [0, 0.05) is 17.7 Å². The maximum atomic E-state index is 12.9. The summed E-state index contributed by atoms with van der Waals surface area (Å²) in [6.07, 6.45) is 0.455. The number of hydrogen-bond donors (Lipinski definition) is 1. The Morgan fingerprint density at radius 2 is 1.93 bits per heavy atom. The molecular formula is C21H18ClN3O3. The van der Waals surface area contributed by atoms with Crippen molar-refractivity contribution in [3.63, 3.8) is 0 Å². The Balaban J connectivity index is 1.66. The molecule has 0 fully saturated rings. The van der Waals surface area contributed by atoms with Gasteiger partial charge in [-0.3, -0.25) is 9.59 Å². The van der Waals surface area contributed by atoms with Crippen LogP contribution in [0.1, 0.15) is 21.6 Å². The van der Waals surface area contributed by atoms with E-state index in [0.29, 0.717) is 40.6 Å². The Morgan fingerprint density at radius 3 is 2.64 bits per heavy atom. The number of hydrogen-bond acceptors (Lipinski definition) is 4. The van der Waals surface area contributed by atoms with E-state index in [1.54, 1.807) is 36.3 Å². The molecule has 3 aromatic rings. The van der Waals surface area contributed by atoms with Gasteiger partial charge in [-0.25, -0.2) is 4.98 Å². The number of rotatable bonds is 3. The molecule has 0 aliphatic carbocycles. The molecule has 1 amide bonds. The lowest BCUT2D eigenvalue weighted by atomic mass is 10.0. The van der Waals surface area contributed by atoms with Crippen molar-refractivity contribution in [1.29, 1.82) is 0 Å². The van der Waals surface area contributed by atoms with Crippen molar-refractivity contribution in [2.24, 2.45) is 0 Å². The number of H-pyrrole nitrogens is 1. The van der Waals surface area contributed by atoms with Gasteiger partial charge < -0.3 is 14.6 Å². The van der Waals surface area contributed by atoms with Crippen molar-refractivity contribution < 1.29 is 9.53 Å². The molecule has 1 N–H and O–H groups in total. The van der Waals surface area contributed by atoms with E-state index in [1.165, 1.54) is 0 Å². The highest BCUT2D eigenvalue weighted by Crippen LogP contribution is 2.23. The Morgan fingerprint density at radius 1 is 1.18 bits per heavy atom. The van der Waals surface area contributed by atoms with Crippen molar-refractivity contribution in [3.8, 4) is 17.1 Å². The number of methoxy groups -OCH3 is 1. The lowest BCUT2D eigenvalue weighted by Gasteiger charge is -2.28. The van der Waals surface area contributed by atoms with Crippen LogP contribution in [0.25, 0.3) is 11.4 Å². The fourth-order valence-corrected chi connectivity index (χ4v) is 3.52. The average Bonchev–Trinajstić information content (AvgIpc) is 2.73. The second-order valence-electron chi connectivity index (χ2n) is 6.52. The molecule has 6 nitrogen and oxygen atoms in total. The average molecular weight is 396 g/mol. The molecule has 1 aliphatic rings. The summed E-state index contributed by atoms with van der Waals surface area (Å²) in [4.78, 5) is 34.5. The fraction of sp³-hybridized carbons (Fsp3) is 0.190. The zero-order valence-electron chi connectivity index (χ0n) is 15.2. The summed E-state index contributed by atoms with van der Waals surface area (Å²) in [6.45, 7) is 0.718. The highest BCUT2D eigenvalue weighted by Gasteiger charge is 2.26. The van der Waals surface area contributed by atoms with Gasteiger partial charge in [0.1, 0.15) is 11.6 Å². The molecule has 0 unspecified atom stereocenters. The van der Waals surface area contributed by atoms with Gasteiger partial charge in [0.15, 0.2) is 0 Å². The van der Waals surface area contributed by atoms with Crippen LogP contribution in [0.3, 0.4) is 0 Å². The Labute approximate surface area is 166 Å². The van der Waals surface area contributed by atoms with E-state index in [4.69, 9.17) is 16.3 Å². The second-order valence-corrected chi connectivity index (χ2v) is 6.93. The minimum Gasteiger partial charge on any atom is -0.497 e. The van der Waals surface area contributed by atoms with E-state index in [1.807, 2.05) is 24.3 Å². The summed E-state index contributed by atoms with van der Waals surface area (Å²) in [5.41, 5.74) is 2.30. The van der Waals surface area contributed by atoms with E-state index in [9.17, 15) is 9.59 Å². The van der Waals surface area contributed by atoms with Gasteiger partial charge in [0.2, 0.25) is 0 Å². The minimum absolute atomic E-state index is 0.163. The van der Waals surface area contributed by atoms with Gasteiger partial charge in [-0.15, -0.1) is 0 Å². The van der Waals surface area contributed by atoms with Crippen molar-refractivity contribution >= 4 is 17.5 Å². The zero-order valence-corrected chi connectivity index (χ0v) is 16.0. The number of ether oxygens (including phenoxy) is 1. The standard InChI is InChI=1S/C21H18ClN3O3/c1-28-14-8-6-13(7-9-14)19-23-18-12-25(11-10-16(18)20(26)24-19)21(27)15-4-2-3-5-17(15)22/h2-9H,10-12H2,1H3,(H,23,24,26). The summed E-state index contributed by atoms with van der Waals surface area (Å²) in [6, 6.07) is 14.2. The summed E-state index contributed by atoms with van der Waals surface area (Å²) >= 11 is 6.17. The molecule has 1 aromatic heterocycles. The van der Waals surface area contributed by atoms with Crippen LogP contribution in [-0.2, 0) is 13.0 Å². The first kappa shape index (κ1) is 18.3. The number of nitrogens with zero attached hydrogens (tertiary/aromatic N) is 2. The SMILES string of the molecule is COc1ccc(-c2nc3c(c(=O)[nH]2)CCN(C(=O)c2ccccc2Cl)C3)cc1. The van der Waals surface area contributed by atoms with Gasteiger partial charge >= 0.3 is 0 Å². The van der Waals surface area contributed by atoms with Crippen molar-refractivity contribution in [3.05, 3.63) is 80.7 Å². The molecule has 0 radical (unpaired) electrons. The number of benzene rings is 2. The molecule has 0 saturated heterocycles. The largest absolute Gasteiger partial charge is 0.497 e. The van der Waals surface area contributed by atoms with Gasteiger partial charge in [-0.2, -0.15) is 0 Å². The van der Waals surface area contributed by atoms with Gasteiger partial charge in [-0.05, 0) is 42.8 Å². The Hall–Kier alpha value is -3.12. The topological polar surface area (TPSA) is 75.3 Å². The third-order valence-corrected chi connectivity index (χ3v) is 5.16. The summed E-state index contributed by atoms with van der Waals surface area (Å²) in [5.74, 6) is 1.03. The van der Waals surface area contributed by atoms with Crippen LogP contribution in [0.4, 0.5) is 0 Å². The molecule has 0 spiro atoms. The van der Waals surface area contributed by atoms with Crippen LogP contribution in [0, 0.1) is 0 Å². The molecule has 2 aromatic carbocycles. The molecule has 2 heterocycles. The molecular weight excluding hydrogens is 378 g/mol. The number of carbonyl (C=O) groups excluding carboxylic acids is 1. The first-order valence-corrected chi connectivity index (χ1v) is 9.25. The minimum atomic E-state index is -0.166. The Bertz CT molecular complexity index is 1090. The van der Waals surface area contributed by atoms with Crippen molar-refractivity contribution in [2.45, 2.75) is 13.0 Å². The number of aromatic amines is 1. The van der Waals surface area contributed by atoms with Crippen LogP contribution < -0.4 is 10.3 Å². The van der Waals surface area contributed by atoms with Gasteiger partial charge in [-0.1, -0.05) is 23.7 Å². The van der Waals surface area contributed by atoms with Crippen LogP contribution >= 0.6 is 11.6 Å². The van der Waals surface area contributed by atoms with E-state index >= 15 is 0 Å². The fourth-order valence-electron chi connectivity index (χ4n) is 3.30. The maximum absolute atomic E-state index is 12.9. The lowest BCUT2D eigenvalue weighted by Crippen LogP contribution is -2.39. The highest BCUT2D eigenvalue weighted by atomic mass is 35.5. The first-order chi connectivity index (χ1) is 13.6. The number of halogens is 1. The first-order valence-electron chi connectivity index (χ1n) is 8.87. The maximum Gasteiger partial charge on any atom is 0.255 e. The number of nitrogens with one attached hydrogen (secondary N) is 1. The number of fused-ring (bicyclic) bond motifs is 1. The molecule has 7 heteroatoms. The molecule has 142 valence electrons. The van der Waals surface area contributed by atoms with E-state index in [-0.39, 0.29) is 18.0 Å². The Kier molecular flexibility index (Phi) is 4.88. The number of amides is 1. The van der Waals surface area contributed by atoms with Crippen LogP contribution in [0.5, 0.6) is 5.75 Å². The van der Waals surface area contributed by atoms with Crippen LogP contribution in [0.15, 0.2) is 53.3 Å². The third-order valence-electron chi connectivity index (χ3n) is 4.83. The van der Waals surface area contributed by atoms with Gasteiger partial charge in [0.05, 0.1) is 29.9 Å². The predicted molar refractivity (Wildman–Crippen MR) is 107 cm³/mol. The molecule has 4 rings (SSSR count). The monoisotopic (exact) mass is 395 g/mol. The second kappa shape index (κ2) is 7.48. The summed E-state index contributed by atoms with van der Waals surface area (Å²) in [7, 11) is 1.60. The quantitative estimate of drug-likeness (QED) is 0.738. The predicted octanol–water partition coefficient (Wildman–Crippen LogP) is 3.30. The summed E-state index contributed by atoms with van der Waals surface area (Å²) < 4.78 is 5.16. The molecule has 1 aliphatic heterocycles. The van der Waals surface area contributed by atoms with Gasteiger partial charge in [0.25, 0.3) is 11.5 Å². The number of aromatic nitrogens is 2. The number of carbonyl (C=O) groups is 1. The molecule has 0 atom stereocenters. The normalized spacial score (nSPS) is 13.1.